The summed E-state index contributed by atoms with van der Waals surface area (Å²) < 4.78 is 35.5. The second-order valence-electron chi connectivity index (χ2n) is 7.29. The van der Waals surface area contributed by atoms with Crippen LogP contribution in [-0.2, 0) is 6.54 Å². The zero-order valence-electron chi connectivity index (χ0n) is 18.4. The minimum absolute atomic E-state index is 0. The molecule has 1 aliphatic heterocycles. The highest BCUT2D eigenvalue weighted by molar-refractivity contribution is 14.0. The predicted molar refractivity (Wildman–Crippen MR) is 133 cm³/mol. The first-order valence-electron chi connectivity index (χ1n) is 10.5. The maximum absolute atomic E-state index is 12.7. The first kappa shape index (κ1) is 26.1. The summed E-state index contributed by atoms with van der Waals surface area (Å²) in [5.74, 6) is 1.61. The van der Waals surface area contributed by atoms with E-state index in [4.69, 9.17) is 4.74 Å². The van der Waals surface area contributed by atoms with E-state index in [-0.39, 0.29) is 35.8 Å². The monoisotopic (exact) mass is 560 g/mol. The van der Waals surface area contributed by atoms with Crippen LogP contribution in [0.2, 0.25) is 0 Å². The van der Waals surface area contributed by atoms with Gasteiger partial charge >= 0.3 is 6.61 Å². The highest BCUT2D eigenvalue weighted by Gasteiger charge is 2.26. The van der Waals surface area contributed by atoms with Crippen molar-refractivity contribution >= 4 is 29.9 Å². The van der Waals surface area contributed by atoms with Gasteiger partial charge in [-0.15, -0.1) is 24.0 Å². The Balaban J connectivity index is 0.00000363. The topological polar surface area (TPSA) is 58.1 Å². The number of benzene rings is 2. The van der Waals surface area contributed by atoms with Crippen molar-refractivity contribution in [3.8, 4) is 11.5 Å². The number of hydrogen-bond donors (Lipinski definition) is 2. The van der Waals surface area contributed by atoms with Crippen molar-refractivity contribution < 1.29 is 18.3 Å². The van der Waals surface area contributed by atoms with Gasteiger partial charge in [-0.05, 0) is 38.1 Å². The zero-order valence-corrected chi connectivity index (χ0v) is 20.7. The number of nitrogens with one attached hydrogen (secondary N) is 2. The van der Waals surface area contributed by atoms with Gasteiger partial charge in [-0.1, -0.05) is 36.4 Å². The fraction of sp³-hybridized carbons (Fsp3) is 0.435. The molecule has 1 fully saturated rings. The number of halogens is 3. The third-order valence-electron chi connectivity index (χ3n) is 5.40. The van der Waals surface area contributed by atoms with Gasteiger partial charge in [0.1, 0.15) is 11.5 Å². The van der Waals surface area contributed by atoms with Gasteiger partial charge < -0.3 is 20.1 Å². The summed E-state index contributed by atoms with van der Waals surface area (Å²) in [7, 11) is 3.37. The van der Waals surface area contributed by atoms with E-state index in [1.54, 1.807) is 32.4 Å². The van der Waals surface area contributed by atoms with Crippen molar-refractivity contribution in [2.75, 3.05) is 33.8 Å². The number of aliphatic imine (C=N–C) groups is 1. The summed E-state index contributed by atoms with van der Waals surface area (Å²) in [6.07, 6.45) is 2.36. The Morgan fingerprint density at radius 2 is 1.69 bits per heavy atom. The molecular formula is C23H31F2IN4O2. The van der Waals surface area contributed by atoms with Gasteiger partial charge in [0.2, 0.25) is 0 Å². The molecule has 1 saturated heterocycles. The van der Waals surface area contributed by atoms with Crippen molar-refractivity contribution in [2.45, 2.75) is 32.0 Å². The molecule has 2 aromatic carbocycles. The molecule has 176 valence electrons. The molecule has 9 heteroatoms. The van der Waals surface area contributed by atoms with E-state index in [9.17, 15) is 8.78 Å². The molecule has 0 amide bonds. The maximum atomic E-state index is 12.7. The second kappa shape index (κ2) is 13.4. The summed E-state index contributed by atoms with van der Waals surface area (Å²) in [6, 6.07) is 14.9. The molecule has 6 nitrogen and oxygen atoms in total. The molecule has 1 unspecified atom stereocenters. The number of methoxy groups -OCH3 is 1. The molecule has 2 aromatic rings. The number of ether oxygens (including phenoxy) is 2. The van der Waals surface area contributed by atoms with Gasteiger partial charge in [0.05, 0.1) is 13.2 Å². The Morgan fingerprint density at radius 3 is 2.34 bits per heavy atom. The zero-order chi connectivity index (χ0) is 22.1. The lowest BCUT2D eigenvalue weighted by molar-refractivity contribution is -0.0504. The average molecular weight is 560 g/mol. The van der Waals surface area contributed by atoms with Crippen LogP contribution in [0.1, 0.15) is 30.0 Å². The highest BCUT2D eigenvalue weighted by atomic mass is 127. The molecule has 1 aliphatic rings. The summed E-state index contributed by atoms with van der Waals surface area (Å²) in [5, 5.41) is 6.57. The van der Waals surface area contributed by atoms with E-state index in [0.29, 0.717) is 24.6 Å². The molecule has 0 spiro atoms. The lowest BCUT2D eigenvalue weighted by Crippen LogP contribution is -2.42. The Labute approximate surface area is 205 Å². The van der Waals surface area contributed by atoms with Crippen molar-refractivity contribution in [2.24, 2.45) is 4.99 Å². The number of guanidine groups is 1. The predicted octanol–water partition coefficient (Wildman–Crippen LogP) is 4.42. The van der Waals surface area contributed by atoms with Crippen LogP contribution in [0.3, 0.4) is 0 Å². The smallest absolute Gasteiger partial charge is 0.387 e. The van der Waals surface area contributed by atoms with Crippen molar-refractivity contribution in [3.05, 3.63) is 59.7 Å². The van der Waals surface area contributed by atoms with Gasteiger partial charge in [-0.25, -0.2) is 0 Å². The summed E-state index contributed by atoms with van der Waals surface area (Å²) in [5.41, 5.74) is 1.76. The maximum Gasteiger partial charge on any atom is 0.387 e. The van der Waals surface area contributed by atoms with Crippen LogP contribution in [0, 0.1) is 0 Å². The summed E-state index contributed by atoms with van der Waals surface area (Å²) in [6.45, 7) is 0.158. The van der Waals surface area contributed by atoms with Gasteiger partial charge in [0, 0.05) is 31.3 Å². The van der Waals surface area contributed by atoms with Crippen LogP contribution >= 0.6 is 24.0 Å². The highest BCUT2D eigenvalue weighted by Crippen LogP contribution is 2.31. The fourth-order valence-electron chi connectivity index (χ4n) is 3.88. The third kappa shape index (κ3) is 7.19. The number of hydrogen-bond acceptors (Lipinski definition) is 4. The second-order valence-corrected chi connectivity index (χ2v) is 7.29. The molecule has 0 aliphatic carbocycles. The van der Waals surface area contributed by atoms with Crippen LogP contribution < -0.4 is 20.1 Å². The number of nitrogens with zero attached hydrogens (tertiary/aromatic N) is 2. The normalized spacial score (nSPS) is 15.2. The van der Waals surface area contributed by atoms with Gasteiger partial charge in [-0.2, -0.15) is 8.78 Å². The fourth-order valence-corrected chi connectivity index (χ4v) is 3.88. The molecule has 1 atom stereocenters. The van der Waals surface area contributed by atoms with E-state index >= 15 is 0 Å². The SMILES string of the molecule is CN=C(NCc1ccccc1OC(F)F)NCC(c1ccccc1OC)N1CCCC1.I. The van der Waals surface area contributed by atoms with Crippen molar-refractivity contribution in [1.29, 1.82) is 0 Å². The van der Waals surface area contributed by atoms with Crippen molar-refractivity contribution in [3.63, 3.8) is 0 Å². The number of para-hydroxylation sites is 2. The van der Waals surface area contributed by atoms with E-state index < -0.39 is 6.61 Å². The third-order valence-corrected chi connectivity index (χ3v) is 5.40. The molecule has 0 saturated carbocycles. The van der Waals surface area contributed by atoms with E-state index in [1.165, 1.54) is 18.9 Å². The Hall–Kier alpha value is -2.14. The summed E-state index contributed by atoms with van der Waals surface area (Å²) >= 11 is 0. The minimum atomic E-state index is -2.86. The Kier molecular flexibility index (Phi) is 10.9. The van der Waals surface area contributed by atoms with E-state index in [0.717, 1.165) is 24.4 Å². The van der Waals surface area contributed by atoms with Gasteiger partial charge in [-0.3, -0.25) is 9.89 Å². The van der Waals surface area contributed by atoms with Gasteiger partial charge in [0.25, 0.3) is 0 Å². The first-order valence-corrected chi connectivity index (χ1v) is 10.5. The van der Waals surface area contributed by atoms with Crippen LogP contribution in [0.4, 0.5) is 8.78 Å². The molecular weight excluding hydrogens is 529 g/mol. The lowest BCUT2D eigenvalue weighted by Gasteiger charge is -2.30. The average Bonchev–Trinajstić information content (AvgIpc) is 3.31. The Bertz CT molecular complexity index is 863. The van der Waals surface area contributed by atoms with Crippen LogP contribution in [0.15, 0.2) is 53.5 Å². The largest absolute Gasteiger partial charge is 0.496 e. The molecule has 2 N–H and O–H groups in total. The standard InChI is InChI=1S/C23H30F2N4O2.HI/c1-26-23(27-15-17-9-3-5-11-20(17)31-22(24)25)28-16-19(29-13-7-8-14-29)18-10-4-6-12-21(18)30-2;/h3-6,9-12,19,22H,7-8,13-16H2,1-2H3,(H2,26,27,28);1H. The first-order chi connectivity index (χ1) is 15.1. The number of rotatable bonds is 9. The van der Waals surface area contributed by atoms with E-state index in [2.05, 4.69) is 31.3 Å². The quantitative estimate of drug-likeness (QED) is 0.270. The lowest BCUT2D eigenvalue weighted by atomic mass is 10.0. The molecule has 32 heavy (non-hydrogen) atoms. The van der Waals surface area contributed by atoms with Crippen LogP contribution in [0.5, 0.6) is 11.5 Å². The summed E-state index contributed by atoms with van der Waals surface area (Å²) in [4.78, 5) is 6.73. The van der Waals surface area contributed by atoms with Crippen LogP contribution in [0.25, 0.3) is 0 Å². The minimum Gasteiger partial charge on any atom is -0.496 e. The molecule has 0 bridgehead atoms. The molecule has 3 rings (SSSR count). The Morgan fingerprint density at radius 1 is 1.03 bits per heavy atom. The molecule has 0 aromatic heterocycles. The van der Waals surface area contributed by atoms with E-state index in [1.807, 2.05) is 18.2 Å². The molecule has 0 radical (unpaired) electrons. The van der Waals surface area contributed by atoms with Crippen molar-refractivity contribution in [1.82, 2.24) is 15.5 Å². The molecule has 1 heterocycles. The number of likely N-dealkylation sites (tertiary alicyclic amines) is 1. The number of alkyl halides is 2. The van der Waals surface area contributed by atoms with Crippen LogP contribution in [-0.4, -0.2) is 51.3 Å². The van der Waals surface area contributed by atoms with Gasteiger partial charge in [0.15, 0.2) is 5.96 Å².